The number of nitrogens with zero attached hydrogens (tertiary/aromatic N) is 5. The maximum absolute atomic E-state index is 13.1. The summed E-state index contributed by atoms with van der Waals surface area (Å²) in [5.41, 5.74) is 13.6. The smallest absolute Gasteiger partial charge is 0.335 e. The number of anilines is 5. The Morgan fingerprint density at radius 2 is 1.07 bits per heavy atom. The average molecular weight is 1280 g/mol. The number of nitrogens with one attached hydrogen (secondary N) is 5. The molecular formula is C79H76N11O6+. The van der Waals surface area contributed by atoms with E-state index in [2.05, 4.69) is 63.2 Å². The molecule has 1 saturated heterocycles. The Morgan fingerprint density at radius 1 is 0.604 bits per heavy atom. The molecule has 11 aromatic rings. The van der Waals surface area contributed by atoms with Crippen molar-refractivity contribution in [2.24, 2.45) is 10.7 Å². The monoisotopic (exact) mass is 1270 g/mol. The molecule has 1 aromatic heterocycles. The Hall–Kier alpha value is -10.9. The second-order valence-corrected chi connectivity index (χ2v) is 25.3. The molecule has 4 aliphatic carbocycles. The van der Waals surface area contributed by atoms with Crippen LogP contribution in [0.5, 0.6) is 0 Å². The van der Waals surface area contributed by atoms with E-state index in [1.165, 1.54) is 17.5 Å². The molecule has 482 valence electrons. The summed E-state index contributed by atoms with van der Waals surface area (Å²) in [5.74, 6) is 1.81. The number of hydrogen-bond acceptors (Lipinski definition) is 15. The molecule has 17 heteroatoms. The summed E-state index contributed by atoms with van der Waals surface area (Å²) in [5, 5.41) is 38.7. The summed E-state index contributed by atoms with van der Waals surface area (Å²) in [4.78, 5) is 81.7. The zero-order chi connectivity index (χ0) is 67.2. The Kier molecular flexibility index (Phi) is 17.4. The predicted molar refractivity (Wildman–Crippen MR) is 398 cm³/mol. The fourth-order valence-corrected chi connectivity index (χ4v) is 14.3. The van der Waals surface area contributed by atoms with Gasteiger partial charge in [-0.2, -0.15) is 4.98 Å². The van der Waals surface area contributed by atoms with Crippen molar-refractivity contribution in [1.82, 2.24) is 24.8 Å². The van der Waals surface area contributed by atoms with Crippen molar-refractivity contribution >= 4 is 134 Å². The minimum absolute atomic E-state index is 0.0254. The summed E-state index contributed by atoms with van der Waals surface area (Å²) in [6.07, 6.45) is 3.95. The molecule has 1 aliphatic heterocycles. The molecule has 3 unspecified atom stereocenters. The number of rotatable bonds is 15. The number of nitrogens with two attached hydrogens (primary N) is 1. The standard InChI is InChI=1S/C23H38N9O.2C22H10O2.C12H18N2O/c1-5-23(24,33)16-27-18-9-11-19(12-10-18)28-21-29-20(26-4)30-22(31-21)32(15-13-25-3)14-7-6-8-17(32)2;2*23-21-13-5-1-3-11-7-9-16-19(17(11)13)20-15(21)10-8-12-4-2-6-14(18(12)20)22(16)24;1-4-13-12(15)8-14-11-6-5-9(2)7-10(11)3/h9-12,17,27,33H,3,5-8,13-16,24H2,1-2,4H3,(H2,26,28,29,30,31);2*1-10H;5-7,14H,4,8H2,1-3H3,(H,13,15)/q+1;;;. The number of piperidine rings is 1. The van der Waals surface area contributed by atoms with E-state index < -0.39 is 5.72 Å². The number of aromatic nitrogens is 3. The average Bonchev–Trinajstić information content (AvgIpc) is 0.704. The second kappa shape index (κ2) is 26.2. The summed E-state index contributed by atoms with van der Waals surface area (Å²) >= 11 is 0. The Bertz CT molecular complexity index is 5060. The Balaban J connectivity index is 0.000000119. The molecule has 0 spiro atoms. The number of amides is 1. The number of aliphatic imine (C=N–C) groups is 1. The number of hydrogen-bond donors (Lipinski definition) is 7. The molecule has 0 bridgehead atoms. The number of quaternary nitrogens is 1. The van der Waals surface area contributed by atoms with Crippen LogP contribution in [0.2, 0.25) is 0 Å². The quantitative estimate of drug-likeness (QED) is 0.0166. The fraction of sp³-hybridized carbons (Fsp3) is 0.228. The molecule has 16 rings (SSSR count). The summed E-state index contributed by atoms with van der Waals surface area (Å²) in [7, 11) is 1.81. The number of benzene rings is 14. The van der Waals surface area contributed by atoms with Crippen LogP contribution in [0, 0.1) is 13.8 Å². The first-order chi connectivity index (χ1) is 46.5. The van der Waals surface area contributed by atoms with Gasteiger partial charge in [-0.15, -0.1) is 9.97 Å². The van der Waals surface area contributed by atoms with Crippen molar-refractivity contribution < 1.29 is 9.90 Å². The fourth-order valence-electron chi connectivity index (χ4n) is 14.3. The lowest BCUT2D eigenvalue weighted by Crippen LogP contribution is -2.60. The van der Waals surface area contributed by atoms with Crippen molar-refractivity contribution in [3.05, 3.63) is 216 Å². The van der Waals surface area contributed by atoms with Gasteiger partial charge < -0.3 is 37.4 Å². The van der Waals surface area contributed by atoms with Crippen LogP contribution in [0.15, 0.2) is 188 Å². The Labute approximate surface area is 554 Å². The van der Waals surface area contributed by atoms with Crippen LogP contribution in [0.25, 0.3) is 108 Å². The first-order valence-corrected chi connectivity index (χ1v) is 32.8. The van der Waals surface area contributed by atoms with Gasteiger partial charge in [-0.25, -0.2) is 0 Å². The minimum atomic E-state index is -1.23. The Morgan fingerprint density at radius 3 is 1.50 bits per heavy atom. The van der Waals surface area contributed by atoms with Gasteiger partial charge in [0, 0.05) is 118 Å². The highest BCUT2D eigenvalue weighted by atomic mass is 16.3. The maximum atomic E-state index is 13.1. The van der Waals surface area contributed by atoms with E-state index in [-0.39, 0.29) is 34.2 Å². The van der Waals surface area contributed by atoms with Crippen molar-refractivity contribution in [3.8, 4) is 22.3 Å². The van der Waals surface area contributed by atoms with Gasteiger partial charge in [0.1, 0.15) is 12.3 Å². The van der Waals surface area contributed by atoms with Crippen LogP contribution in [0.4, 0.5) is 34.9 Å². The summed E-state index contributed by atoms with van der Waals surface area (Å²) in [6, 6.07) is 52.7. The molecule has 96 heavy (non-hydrogen) atoms. The van der Waals surface area contributed by atoms with E-state index in [0.717, 1.165) is 114 Å². The van der Waals surface area contributed by atoms with Gasteiger partial charge in [0.05, 0.1) is 32.2 Å². The van der Waals surface area contributed by atoms with Crippen LogP contribution in [-0.2, 0) is 4.79 Å². The lowest BCUT2D eigenvalue weighted by atomic mass is 9.81. The van der Waals surface area contributed by atoms with Crippen LogP contribution in [0.3, 0.4) is 0 Å². The molecule has 17 nitrogen and oxygen atoms in total. The molecule has 2 heterocycles. The zero-order valence-electron chi connectivity index (χ0n) is 54.7. The normalized spacial score (nSPS) is 15.4. The molecule has 3 atom stereocenters. The highest BCUT2D eigenvalue weighted by Crippen LogP contribution is 2.46. The van der Waals surface area contributed by atoms with Crippen molar-refractivity contribution in [2.75, 3.05) is 67.6 Å². The summed E-state index contributed by atoms with van der Waals surface area (Å²) in [6.45, 7) is 17.5. The maximum Gasteiger partial charge on any atom is 0.335 e. The van der Waals surface area contributed by atoms with E-state index in [4.69, 9.17) is 15.7 Å². The highest BCUT2D eigenvalue weighted by molar-refractivity contribution is 6.29. The third-order valence-electron chi connectivity index (χ3n) is 19.4. The number of likely N-dealkylation sites (tertiary alicyclic amines) is 1. The third kappa shape index (κ3) is 11.6. The van der Waals surface area contributed by atoms with E-state index in [0.29, 0.717) is 91.6 Å². The molecular weight excluding hydrogens is 1200 g/mol. The van der Waals surface area contributed by atoms with Gasteiger partial charge in [-0.1, -0.05) is 122 Å². The minimum Gasteiger partial charge on any atom is -0.381 e. The summed E-state index contributed by atoms with van der Waals surface area (Å²) < 4.78 is 0.688. The van der Waals surface area contributed by atoms with Gasteiger partial charge in [-0.3, -0.25) is 33.4 Å². The third-order valence-corrected chi connectivity index (χ3v) is 19.4. The predicted octanol–water partition coefficient (Wildman–Crippen LogP) is 13.4. The van der Waals surface area contributed by atoms with Gasteiger partial charge in [-0.05, 0) is 142 Å². The molecule has 0 radical (unpaired) electrons. The molecule has 1 amide bonds. The molecule has 1 fully saturated rings. The number of carbonyl (C=O) groups is 1. The first kappa shape index (κ1) is 63.9. The SMILES string of the molecule is C=NCC[N+]1(c2nc(NC)nc(Nc3ccc(NCC(N)(O)CC)cc3)n2)CCCCC1C.CCNC(=O)CNc1ccc(C)cc1C.O=c1c2ccc3cccc4c(=O)c5ccc6cccc1c6c5-c2c34.O=c1c2ccc3cccc4c(=O)c5ccc6cccc1c6c5-c2c34. The molecule has 0 saturated carbocycles. The second-order valence-electron chi connectivity index (χ2n) is 25.3. The van der Waals surface area contributed by atoms with E-state index >= 15 is 0 Å². The lowest BCUT2D eigenvalue weighted by Gasteiger charge is -2.43. The van der Waals surface area contributed by atoms with Crippen molar-refractivity contribution in [3.63, 3.8) is 0 Å². The molecule has 10 aromatic carbocycles. The van der Waals surface area contributed by atoms with Gasteiger partial charge in [0.25, 0.3) is 0 Å². The van der Waals surface area contributed by atoms with E-state index in [9.17, 15) is 29.1 Å². The number of carbonyl (C=O) groups excluding carboxylic acids is 1. The van der Waals surface area contributed by atoms with E-state index in [1.54, 1.807) is 0 Å². The van der Waals surface area contributed by atoms with Crippen LogP contribution in [0.1, 0.15) is 57.6 Å². The largest absolute Gasteiger partial charge is 0.381 e. The van der Waals surface area contributed by atoms with Gasteiger partial charge in [0.15, 0.2) is 21.7 Å². The lowest BCUT2D eigenvalue weighted by molar-refractivity contribution is -0.119. The first-order valence-electron chi connectivity index (χ1n) is 32.8. The van der Waals surface area contributed by atoms with Crippen LogP contribution in [-0.4, -0.2) is 90.8 Å². The molecule has 5 aliphatic rings. The van der Waals surface area contributed by atoms with Crippen molar-refractivity contribution in [2.45, 2.75) is 72.1 Å². The van der Waals surface area contributed by atoms with E-state index in [1.807, 2.05) is 186 Å². The van der Waals surface area contributed by atoms with Crippen molar-refractivity contribution in [1.29, 1.82) is 0 Å². The van der Waals surface area contributed by atoms with Crippen LogP contribution >= 0.6 is 0 Å². The number of aryl methyl sites for hydroxylation is 2. The zero-order valence-corrected chi connectivity index (χ0v) is 54.7. The highest BCUT2D eigenvalue weighted by Gasteiger charge is 2.42. The number of aliphatic hydroxyl groups is 1. The van der Waals surface area contributed by atoms with Gasteiger partial charge >= 0.3 is 5.95 Å². The van der Waals surface area contributed by atoms with Gasteiger partial charge in [0.2, 0.25) is 17.8 Å². The van der Waals surface area contributed by atoms with Crippen LogP contribution < -0.4 is 58.5 Å². The number of likely N-dealkylation sites (N-methyl/N-ethyl adjacent to an activating group) is 1. The molecule has 8 N–H and O–H groups in total. The topological polar surface area (TPSA) is 243 Å².